The van der Waals surface area contributed by atoms with Gasteiger partial charge in [-0.15, -0.1) is 11.3 Å². The zero-order valence-electron chi connectivity index (χ0n) is 27.4. The molecule has 1 heterocycles. The largest absolute Gasteiger partial charge is 0.134 e. The van der Waals surface area contributed by atoms with Crippen molar-refractivity contribution in [2.45, 2.75) is 5.41 Å². The molecule has 8 aromatic carbocycles. The standard InChI is InChI=1S/C49H32S/c1-3-15-33(16-4-1)37-19-7-8-20-39(37)42-24-14-26-44-43-25-13-23-38(47(43)50-48(42)44)34-29-31-36(32-30-34)49(35-17-5-2-6-18-35)45-27-11-9-21-40(45)41-22-10-12-28-46(41)49/h1-32H. The highest BCUT2D eigenvalue weighted by molar-refractivity contribution is 7.26. The van der Waals surface area contributed by atoms with E-state index in [0.29, 0.717) is 0 Å². The van der Waals surface area contributed by atoms with Crippen LogP contribution in [0.3, 0.4) is 0 Å². The summed E-state index contributed by atoms with van der Waals surface area (Å²) in [5.74, 6) is 0. The highest BCUT2D eigenvalue weighted by Crippen LogP contribution is 2.56. The Morgan fingerprint density at radius 3 is 1.36 bits per heavy atom. The van der Waals surface area contributed by atoms with Gasteiger partial charge in [-0.1, -0.05) is 194 Å². The molecule has 1 heteroatoms. The van der Waals surface area contributed by atoms with Crippen molar-refractivity contribution in [1.82, 2.24) is 0 Å². The average Bonchev–Trinajstić information content (AvgIpc) is 3.73. The third-order valence-electron chi connectivity index (χ3n) is 10.6. The van der Waals surface area contributed by atoms with Crippen molar-refractivity contribution >= 4 is 31.5 Å². The normalized spacial score (nSPS) is 13.0. The third kappa shape index (κ3) is 4.24. The second-order valence-electron chi connectivity index (χ2n) is 13.2. The van der Waals surface area contributed by atoms with Gasteiger partial charge in [-0.05, 0) is 61.2 Å². The molecular weight excluding hydrogens is 621 g/mol. The summed E-state index contributed by atoms with van der Waals surface area (Å²) < 4.78 is 2.66. The molecule has 0 radical (unpaired) electrons. The van der Waals surface area contributed by atoms with Crippen molar-refractivity contribution in [2.24, 2.45) is 0 Å². The van der Waals surface area contributed by atoms with E-state index in [1.165, 1.54) is 86.9 Å². The van der Waals surface area contributed by atoms with Gasteiger partial charge in [-0.3, -0.25) is 0 Å². The van der Waals surface area contributed by atoms with Crippen LogP contribution in [0.25, 0.3) is 64.7 Å². The van der Waals surface area contributed by atoms with Crippen LogP contribution in [0, 0.1) is 0 Å². The van der Waals surface area contributed by atoms with Gasteiger partial charge in [0.1, 0.15) is 0 Å². The summed E-state index contributed by atoms with van der Waals surface area (Å²) in [6.07, 6.45) is 0. The van der Waals surface area contributed by atoms with Crippen molar-refractivity contribution in [1.29, 1.82) is 0 Å². The van der Waals surface area contributed by atoms with Crippen molar-refractivity contribution < 1.29 is 0 Å². The predicted octanol–water partition coefficient (Wildman–Crippen LogP) is 13.4. The number of thiophene rings is 1. The van der Waals surface area contributed by atoms with Crippen LogP contribution in [-0.2, 0) is 5.41 Å². The van der Waals surface area contributed by atoms with Crippen LogP contribution in [-0.4, -0.2) is 0 Å². The quantitative estimate of drug-likeness (QED) is 0.174. The number of benzene rings is 8. The first-order valence-corrected chi connectivity index (χ1v) is 18.1. The fourth-order valence-electron chi connectivity index (χ4n) is 8.46. The molecule has 1 aromatic heterocycles. The molecular formula is C49H32S. The minimum atomic E-state index is -0.391. The van der Waals surface area contributed by atoms with Crippen molar-refractivity contribution in [3.05, 3.63) is 216 Å². The third-order valence-corrected chi connectivity index (χ3v) is 11.9. The molecule has 0 bridgehead atoms. The molecule has 0 saturated carbocycles. The molecule has 50 heavy (non-hydrogen) atoms. The van der Waals surface area contributed by atoms with E-state index in [2.05, 4.69) is 194 Å². The van der Waals surface area contributed by atoms with Crippen molar-refractivity contribution in [2.75, 3.05) is 0 Å². The molecule has 234 valence electrons. The van der Waals surface area contributed by atoms with Crippen LogP contribution in [0.1, 0.15) is 22.3 Å². The van der Waals surface area contributed by atoms with Crippen LogP contribution in [0.5, 0.6) is 0 Å². The predicted molar refractivity (Wildman–Crippen MR) is 213 cm³/mol. The van der Waals surface area contributed by atoms with Crippen LogP contribution < -0.4 is 0 Å². The zero-order chi connectivity index (χ0) is 33.1. The highest BCUT2D eigenvalue weighted by atomic mass is 32.1. The van der Waals surface area contributed by atoms with Gasteiger partial charge in [-0.2, -0.15) is 0 Å². The number of hydrogen-bond acceptors (Lipinski definition) is 1. The summed E-state index contributed by atoms with van der Waals surface area (Å²) in [6.45, 7) is 0. The van der Waals surface area contributed by atoms with Crippen molar-refractivity contribution in [3.8, 4) is 44.5 Å². The molecule has 9 aromatic rings. The van der Waals surface area contributed by atoms with Gasteiger partial charge < -0.3 is 0 Å². The molecule has 0 fully saturated rings. The lowest BCUT2D eigenvalue weighted by molar-refractivity contribution is 0.768. The fourth-order valence-corrected chi connectivity index (χ4v) is 9.82. The lowest BCUT2D eigenvalue weighted by atomic mass is 9.67. The second-order valence-corrected chi connectivity index (χ2v) is 14.2. The Morgan fingerprint density at radius 1 is 0.280 bits per heavy atom. The Balaban J connectivity index is 1.14. The van der Waals surface area contributed by atoms with E-state index < -0.39 is 5.41 Å². The molecule has 0 N–H and O–H groups in total. The smallest absolute Gasteiger partial charge is 0.0713 e. The molecule has 0 atom stereocenters. The summed E-state index contributed by atoms with van der Waals surface area (Å²) in [7, 11) is 0. The Hall–Kier alpha value is -6.02. The maximum Gasteiger partial charge on any atom is 0.0713 e. The topological polar surface area (TPSA) is 0 Å². The van der Waals surface area contributed by atoms with E-state index >= 15 is 0 Å². The van der Waals surface area contributed by atoms with E-state index in [1.54, 1.807) is 0 Å². The van der Waals surface area contributed by atoms with Gasteiger partial charge >= 0.3 is 0 Å². The molecule has 0 spiro atoms. The van der Waals surface area contributed by atoms with Gasteiger partial charge in [0.15, 0.2) is 0 Å². The summed E-state index contributed by atoms with van der Waals surface area (Å²) in [6, 6.07) is 71.5. The first kappa shape index (κ1) is 28.9. The fraction of sp³-hybridized carbons (Fsp3) is 0.0204. The van der Waals surface area contributed by atoms with E-state index in [1.807, 2.05) is 11.3 Å². The molecule has 0 amide bonds. The van der Waals surface area contributed by atoms with Gasteiger partial charge in [0.2, 0.25) is 0 Å². The Labute approximate surface area is 296 Å². The molecule has 0 nitrogen and oxygen atoms in total. The van der Waals surface area contributed by atoms with E-state index in [0.717, 1.165) is 0 Å². The maximum atomic E-state index is 2.37. The first-order valence-electron chi connectivity index (χ1n) is 17.3. The summed E-state index contributed by atoms with van der Waals surface area (Å²) >= 11 is 1.92. The van der Waals surface area contributed by atoms with Crippen LogP contribution in [0.4, 0.5) is 0 Å². The second kappa shape index (κ2) is 11.6. The van der Waals surface area contributed by atoms with Crippen LogP contribution >= 0.6 is 11.3 Å². The van der Waals surface area contributed by atoms with Crippen LogP contribution in [0.15, 0.2) is 194 Å². The minimum Gasteiger partial charge on any atom is -0.134 e. The lowest BCUT2D eigenvalue weighted by Gasteiger charge is -2.34. The monoisotopic (exact) mass is 652 g/mol. The summed E-state index contributed by atoms with van der Waals surface area (Å²) in [4.78, 5) is 0. The SMILES string of the molecule is c1ccc(-c2ccccc2-c2cccc3c2sc2c(-c4ccc(C5(c6ccccc6)c6ccccc6-c6ccccc65)cc4)cccc23)cc1. The van der Waals surface area contributed by atoms with Crippen molar-refractivity contribution in [3.63, 3.8) is 0 Å². The molecule has 10 rings (SSSR count). The number of fused-ring (bicyclic) bond motifs is 6. The van der Waals surface area contributed by atoms with Gasteiger partial charge in [-0.25, -0.2) is 0 Å². The Kier molecular flexibility index (Phi) is 6.69. The molecule has 0 aliphatic heterocycles. The number of hydrogen-bond donors (Lipinski definition) is 0. The van der Waals surface area contributed by atoms with E-state index in [-0.39, 0.29) is 0 Å². The molecule has 1 aliphatic rings. The lowest BCUT2D eigenvalue weighted by Crippen LogP contribution is -2.28. The maximum absolute atomic E-state index is 2.37. The summed E-state index contributed by atoms with van der Waals surface area (Å²) in [5, 5.41) is 2.62. The van der Waals surface area contributed by atoms with Gasteiger partial charge in [0.05, 0.1) is 5.41 Å². The first-order chi connectivity index (χ1) is 24.8. The zero-order valence-corrected chi connectivity index (χ0v) is 28.2. The summed E-state index contributed by atoms with van der Waals surface area (Å²) in [5.41, 5.74) is 15.1. The van der Waals surface area contributed by atoms with E-state index in [9.17, 15) is 0 Å². The van der Waals surface area contributed by atoms with Gasteiger partial charge in [0.25, 0.3) is 0 Å². The van der Waals surface area contributed by atoms with E-state index in [4.69, 9.17) is 0 Å². The Bertz CT molecular complexity index is 2640. The molecule has 0 unspecified atom stereocenters. The van der Waals surface area contributed by atoms with Gasteiger partial charge in [0, 0.05) is 25.7 Å². The Morgan fingerprint density at radius 2 is 0.720 bits per heavy atom. The highest BCUT2D eigenvalue weighted by Gasteiger charge is 2.45. The molecule has 0 saturated heterocycles. The van der Waals surface area contributed by atoms with Crippen LogP contribution in [0.2, 0.25) is 0 Å². The molecule has 1 aliphatic carbocycles. The minimum absolute atomic E-state index is 0.391. The number of rotatable bonds is 5. The average molecular weight is 653 g/mol.